The monoisotopic (exact) mass is 155 g/mol. The summed E-state index contributed by atoms with van der Waals surface area (Å²) in [7, 11) is 1.56. The van der Waals surface area contributed by atoms with Gasteiger partial charge in [0.1, 0.15) is 6.42 Å². The second kappa shape index (κ2) is 3.14. The second-order valence-corrected chi connectivity index (χ2v) is 2.06. The molecule has 11 heavy (non-hydrogen) atoms. The van der Waals surface area contributed by atoms with Gasteiger partial charge in [-0.1, -0.05) is 0 Å². The Labute approximate surface area is 63.8 Å². The molecule has 0 atom stereocenters. The Bertz CT molecular complexity index is 256. The molecule has 5 heteroatoms. The first-order valence-corrected chi connectivity index (χ1v) is 3.22. The van der Waals surface area contributed by atoms with Gasteiger partial charge in [0.15, 0.2) is 0 Å². The first kappa shape index (κ1) is 7.71. The minimum atomic E-state index is -0.131. The van der Waals surface area contributed by atoms with E-state index in [4.69, 9.17) is 4.42 Å². The summed E-state index contributed by atoms with van der Waals surface area (Å²) in [6, 6.07) is 0. The summed E-state index contributed by atoms with van der Waals surface area (Å²) >= 11 is 0. The fourth-order valence-corrected chi connectivity index (χ4v) is 0.635. The number of nitrogens with zero attached hydrogens (tertiary/aromatic N) is 2. The van der Waals surface area contributed by atoms with E-state index in [0.29, 0.717) is 11.8 Å². The Morgan fingerprint density at radius 2 is 2.36 bits per heavy atom. The van der Waals surface area contributed by atoms with Crippen LogP contribution in [0.5, 0.6) is 0 Å². The van der Waals surface area contributed by atoms with Crippen molar-refractivity contribution in [3.63, 3.8) is 0 Å². The first-order valence-electron chi connectivity index (χ1n) is 3.22. The average Bonchev–Trinajstić information content (AvgIpc) is 2.35. The summed E-state index contributed by atoms with van der Waals surface area (Å²) in [6.07, 6.45) is 0.150. The van der Waals surface area contributed by atoms with Crippen LogP contribution in [-0.4, -0.2) is 23.2 Å². The van der Waals surface area contributed by atoms with E-state index >= 15 is 0 Å². The highest BCUT2D eigenvalue weighted by Gasteiger charge is 2.06. The number of rotatable bonds is 2. The number of aryl methyl sites for hydroxylation is 1. The van der Waals surface area contributed by atoms with Crippen LogP contribution >= 0.6 is 0 Å². The van der Waals surface area contributed by atoms with Crippen LogP contribution in [0.25, 0.3) is 0 Å². The fraction of sp³-hybridized carbons (Fsp3) is 0.500. The lowest BCUT2D eigenvalue weighted by Gasteiger charge is -1.91. The van der Waals surface area contributed by atoms with Gasteiger partial charge in [-0.25, -0.2) is 0 Å². The van der Waals surface area contributed by atoms with Gasteiger partial charge in [0.05, 0.1) is 0 Å². The zero-order valence-electron chi connectivity index (χ0n) is 6.42. The highest BCUT2D eigenvalue weighted by molar-refractivity contribution is 5.77. The second-order valence-electron chi connectivity index (χ2n) is 2.06. The van der Waals surface area contributed by atoms with Crippen LogP contribution in [0.4, 0.5) is 0 Å². The van der Waals surface area contributed by atoms with Gasteiger partial charge in [0.25, 0.3) is 0 Å². The van der Waals surface area contributed by atoms with Crippen molar-refractivity contribution in [2.75, 3.05) is 7.05 Å². The quantitative estimate of drug-likeness (QED) is 0.634. The van der Waals surface area contributed by atoms with Gasteiger partial charge in [-0.3, -0.25) is 4.79 Å². The number of aromatic nitrogens is 2. The van der Waals surface area contributed by atoms with Crippen molar-refractivity contribution in [3.05, 3.63) is 11.8 Å². The molecule has 5 nitrogen and oxygen atoms in total. The zero-order valence-corrected chi connectivity index (χ0v) is 6.42. The van der Waals surface area contributed by atoms with E-state index < -0.39 is 0 Å². The number of carbonyl (C=O) groups excluding carboxylic acids is 1. The summed E-state index contributed by atoms with van der Waals surface area (Å²) < 4.78 is 4.97. The van der Waals surface area contributed by atoms with Crippen LogP contribution in [0.15, 0.2) is 4.42 Å². The van der Waals surface area contributed by atoms with Crippen molar-refractivity contribution < 1.29 is 9.21 Å². The van der Waals surface area contributed by atoms with Crippen molar-refractivity contribution in [3.8, 4) is 0 Å². The van der Waals surface area contributed by atoms with E-state index in [1.807, 2.05) is 0 Å². The predicted octanol–water partition coefficient (Wildman–Crippen LogP) is -0.333. The molecule has 0 radical (unpaired) electrons. The fourth-order valence-electron chi connectivity index (χ4n) is 0.635. The molecule has 0 saturated heterocycles. The molecule has 0 aliphatic heterocycles. The Kier molecular flexibility index (Phi) is 2.20. The van der Waals surface area contributed by atoms with Gasteiger partial charge in [-0.2, -0.15) is 0 Å². The van der Waals surface area contributed by atoms with Crippen LogP contribution in [-0.2, 0) is 11.2 Å². The number of carbonyl (C=O) groups is 1. The van der Waals surface area contributed by atoms with E-state index in [0.717, 1.165) is 0 Å². The van der Waals surface area contributed by atoms with Crippen molar-refractivity contribution in [2.45, 2.75) is 13.3 Å². The number of likely N-dealkylation sites (N-methyl/N-ethyl adjacent to an activating group) is 1. The summed E-state index contributed by atoms with van der Waals surface area (Å²) in [5.74, 6) is 0.694. The van der Waals surface area contributed by atoms with Gasteiger partial charge in [0.2, 0.25) is 17.7 Å². The standard InChI is InChI=1S/C6H9N3O2/c1-4-8-9-6(11-4)3-5(10)7-2/h3H2,1-2H3,(H,7,10). The number of amides is 1. The van der Waals surface area contributed by atoms with E-state index in [1.54, 1.807) is 14.0 Å². The number of nitrogens with one attached hydrogen (secondary N) is 1. The smallest absolute Gasteiger partial charge is 0.229 e. The summed E-state index contributed by atoms with van der Waals surface area (Å²) in [4.78, 5) is 10.8. The third-order valence-corrected chi connectivity index (χ3v) is 1.16. The molecule has 0 fully saturated rings. The lowest BCUT2D eigenvalue weighted by atomic mass is 10.4. The largest absolute Gasteiger partial charge is 0.425 e. The molecule has 0 saturated carbocycles. The third kappa shape index (κ3) is 2.03. The maximum absolute atomic E-state index is 10.8. The molecular formula is C6H9N3O2. The molecule has 60 valence electrons. The lowest BCUT2D eigenvalue weighted by molar-refractivity contribution is -0.120. The number of hydrogen-bond acceptors (Lipinski definition) is 4. The molecule has 1 aromatic rings. The molecule has 0 bridgehead atoms. The van der Waals surface area contributed by atoms with E-state index in [2.05, 4.69) is 15.5 Å². The van der Waals surface area contributed by atoms with Crippen LogP contribution < -0.4 is 5.32 Å². The van der Waals surface area contributed by atoms with Gasteiger partial charge in [0, 0.05) is 14.0 Å². The Balaban J connectivity index is 2.57. The molecular weight excluding hydrogens is 146 g/mol. The molecule has 0 aliphatic rings. The summed E-state index contributed by atoms with van der Waals surface area (Å²) in [5.41, 5.74) is 0. The van der Waals surface area contributed by atoms with E-state index in [9.17, 15) is 4.79 Å². The molecule has 0 unspecified atom stereocenters. The Morgan fingerprint density at radius 1 is 1.64 bits per heavy atom. The van der Waals surface area contributed by atoms with E-state index in [1.165, 1.54) is 0 Å². The highest BCUT2D eigenvalue weighted by Crippen LogP contribution is 1.97. The van der Waals surface area contributed by atoms with Crippen LogP contribution in [0.3, 0.4) is 0 Å². The van der Waals surface area contributed by atoms with Gasteiger partial charge < -0.3 is 9.73 Å². The molecule has 0 spiro atoms. The van der Waals surface area contributed by atoms with Gasteiger partial charge in [-0.05, 0) is 0 Å². The average molecular weight is 155 g/mol. The zero-order chi connectivity index (χ0) is 8.27. The maximum atomic E-state index is 10.8. The summed E-state index contributed by atoms with van der Waals surface area (Å²) in [5, 5.41) is 9.69. The predicted molar refractivity (Wildman–Crippen MR) is 36.8 cm³/mol. The van der Waals surface area contributed by atoms with Crippen LogP contribution in [0.2, 0.25) is 0 Å². The molecule has 0 aliphatic carbocycles. The van der Waals surface area contributed by atoms with Crippen LogP contribution in [0.1, 0.15) is 11.8 Å². The highest BCUT2D eigenvalue weighted by atomic mass is 16.4. The summed E-state index contributed by atoms with van der Waals surface area (Å²) in [6.45, 7) is 1.68. The molecule has 1 aromatic heterocycles. The molecule has 0 aromatic carbocycles. The molecule has 1 N–H and O–H groups in total. The number of hydrogen-bond donors (Lipinski definition) is 1. The molecule has 1 heterocycles. The third-order valence-electron chi connectivity index (χ3n) is 1.16. The topological polar surface area (TPSA) is 68.0 Å². The Hall–Kier alpha value is -1.39. The first-order chi connectivity index (χ1) is 5.22. The molecule has 1 amide bonds. The SMILES string of the molecule is CNC(=O)Cc1nnc(C)o1. The minimum absolute atomic E-state index is 0.131. The van der Waals surface area contributed by atoms with Crippen molar-refractivity contribution >= 4 is 5.91 Å². The van der Waals surface area contributed by atoms with Gasteiger partial charge in [-0.15, -0.1) is 10.2 Å². The van der Waals surface area contributed by atoms with Crippen molar-refractivity contribution in [2.24, 2.45) is 0 Å². The maximum Gasteiger partial charge on any atom is 0.229 e. The van der Waals surface area contributed by atoms with Crippen molar-refractivity contribution in [1.29, 1.82) is 0 Å². The minimum Gasteiger partial charge on any atom is -0.425 e. The van der Waals surface area contributed by atoms with Gasteiger partial charge >= 0.3 is 0 Å². The lowest BCUT2D eigenvalue weighted by Crippen LogP contribution is -2.20. The van der Waals surface area contributed by atoms with Crippen LogP contribution in [0, 0.1) is 6.92 Å². The van der Waals surface area contributed by atoms with E-state index in [-0.39, 0.29) is 12.3 Å². The Morgan fingerprint density at radius 3 is 2.82 bits per heavy atom. The molecule has 1 rings (SSSR count). The normalized spacial score (nSPS) is 9.64. The van der Waals surface area contributed by atoms with Crippen molar-refractivity contribution in [1.82, 2.24) is 15.5 Å².